The molecule has 0 amide bonds. The number of carbonyl (C=O) groups is 1. The molecule has 0 bridgehead atoms. The minimum Gasteiger partial charge on any atom is -0.507 e. The summed E-state index contributed by atoms with van der Waals surface area (Å²) in [6.45, 7) is 0. The van der Waals surface area contributed by atoms with Gasteiger partial charge in [-0.15, -0.1) is 24.5 Å². The lowest BCUT2D eigenvalue weighted by Crippen LogP contribution is -2.17. The molecule has 0 aliphatic rings. The summed E-state index contributed by atoms with van der Waals surface area (Å²) in [5.41, 5.74) is 0. The zero-order chi connectivity index (χ0) is 14.4. The summed E-state index contributed by atoms with van der Waals surface area (Å²) in [4.78, 5) is 10.5. The van der Waals surface area contributed by atoms with Crippen LogP contribution in [0.1, 0.15) is 9.67 Å². The third-order valence-corrected chi connectivity index (χ3v) is 3.82. The van der Waals surface area contributed by atoms with E-state index in [1.54, 1.807) is 0 Å². The summed E-state index contributed by atoms with van der Waals surface area (Å²) in [5.74, 6) is -2.43. The molecule has 1 heterocycles. The molecule has 4 nitrogen and oxygen atoms in total. The predicted octanol–water partition coefficient (Wildman–Crippen LogP) is 3.86. The Kier molecular flexibility index (Phi) is 3.23. The van der Waals surface area contributed by atoms with Gasteiger partial charge in [0.15, 0.2) is 0 Å². The second-order valence-corrected chi connectivity index (χ2v) is 4.78. The SMILES string of the molecule is O=C(O)c1sc2c(OC(F)(F)F)ccc(O)c2c1Cl. The molecule has 0 saturated heterocycles. The van der Waals surface area contributed by atoms with E-state index >= 15 is 0 Å². The van der Waals surface area contributed by atoms with E-state index in [0.717, 1.165) is 12.1 Å². The quantitative estimate of drug-likeness (QED) is 0.883. The van der Waals surface area contributed by atoms with Gasteiger partial charge in [-0.25, -0.2) is 4.79 Å². The number of thiophene rings is 1. The Labute approximate surface area is 112 Å². The fourth-order valence-electron chi connectivity index (χ4n) is 1.47. The number of hydrogen-bond acceptors (Lipinski definition) is 4. The topological polar surface area (TPSA) is 66.8 Å². The Balaban J connectivity index is 2.72. The molecule has 0 saturated carbocycles. The maximum Gasteiger partial charge on any atom is 0.573 e. The number of fused-ring (bicyclic) bond motifs is 1. The smallest absolute Gasteiger partial charge is 0.507 e. The van der Waals surface area contributed by atoms with Crippen LogP contribution in [0.2, 0.25) is 5.02 Å². The first-order valence-corrected chi connectivity index (χ1v) is 5.83. The van der Waals surface area contributed by atoms with E-state index in [2.05, 4.69) is 4.74 Å². The van der Waals surface area contributed by atoms with Crippen molar-refractivity contribution in [2.75, 3.05) is 0 Å². The Hall–Kier alpha value is -1.67. The molecule has 1 aromatic heterocycles. The number of benzene rings is 1. The van der Waals surface area contributed by atoms with Gasteiger partial charge in [-0.1, -0.05) is 11.6 Å². The number of carboxylic acids is 1. The highest BCUT2D eigenvalue weighted by atomic mass is 35.5. The summed E-state index contributed by atoms with van der Waals surface area (Å²) in [6.07, 6.45) is -4.93. The van der Waals surface area contributed by atoms with E-state index in [4.69, 9.17) is 16.7 Å². The first-order valence-electron chi connectivity index (χ1n) is 4.63. The lowest BCUT2D eigenvalue weighted by Gasteiger charge is -2.09. The van der Waals surface area contributed by atoms with E-state index in [-0.39, 0.29) is 20.0 Å². The van der Waals surface area contributed by atoms with Crippen LogP contribution in [0.15, 0.2) is 12.1 Å². The van der Waals surface area contributed by atoms with Gasteiger partial charge in [0.1, 0.15) is 16.4 Å². The molecule has 2 rings (SSSR count). The van der Waals surface area contributed by atoms with E-state index < -0.39 is 23.8 Å². The van der Waals surface area contributed by atoms with Gasteiger partial charge in [-0.2, -0.15) is 0 Å². The van der Waals surface area contributed by atoms with Crippen molar-refractivity contribution in [3.8, 4) is 11.5 Å². The number of rotatable bonds is 2. The normalized spacial score (nSPS) is 11.8. The third-order valence-electron chi connectivity index (χ3n) is 2.14. The maximum atomic E-state index is 12.2. The number of aromatic hydroxyl groups is 1. The summed E-state index contributed by atoms with van der Waals surface area (Å²) >= 11 is 6.23. The van der Waals surface area contributed by atoms with Gasteiger partial charge in [0.05, 0.1) is 15.1 Å². The number of ether oxygens (including phenoxy) is 1. The molecule has 9 heteroatoms. The van der Waals surface area contributed by atoms with Crippen LogP contribution in [-0.2, 0) is 0 Å². The van der Waals surface area contributed by atoms with E-state index in [0.29, 0.717) is 11.3 Å². The van der Waals surface area contributed by atoms with Crippen LogP contribution in [0, 0.1) is 0 Å². The number of alkyl halides is 3. The average molecular weight is 313 g/mol. The Morgan fingerprint density at radius 3 is 2.53 bits per heavy atom. The molecule has 0 aliphatic carbocycles. The number of phenolic OH excluding ortho intramolecular Hbond substituents is 1. The molecular formula is C10H4ClF3O4S. The van der Waals surface area contributed by atoms with Crippen molar-refractivity contribution >= 4 is 39.0 Å². The third kappa shape index (κ3) is 2.54. The summed E-state index contributed by atoms with van der Waals surface area (Å²) in [6, 6.07) is 1.84. The zero-order valence-electron chi connectivity index (χ0n) is 8.79. The summed E-state index contributed by atoms with van der Waals surface area (Å²) < 4.78 is 40.2. The second-order valence-electron chi connectivity index (χ2n) is 3.39. The highest BCUT2D eigenvalue weighted by Crippen LogP contribution is 2.45. The molecule has 0 aliphatic heterocycles. The van der Waals surface area contributed by atoms with Crippen molar-refractivity contribution in [1.82, 2.24) is 0 Å². The van der Waals surface area contributed by atoms with Crippen molar-refractivity contribution < 1.29 is 32.9 Å². The number of halogens is 4. The Morgan fingerprint density at radius 1 is 1.37 bits per heavy atom. The molecule has 1 aromatic carbocycles. The van der Waals surface area contributed by atoms with Gasteiger partial charge in [0.25, 0.3) is 0 Å². The standard InChI is InChI=1S/C10H4ClF3O4S/c11-6-5-3(15)1-2-4(18-10(12,13)14)7(5)19-8(6)9(16)17/h1-2,15H,(H,16,17). The zero-order valence-corrected chi connectivity index (χ0v) is 10.4. The average Bonchev–Trinajstić information content (AvgIpc) is 2.60. The molecule has 0 fully saturated rings. The summed E-state index contributed by atoms with van der Waals surface area (Å²) in [5, 5.41) is 17.9. The van der Waals surface area contributed by atoms with E-state index in [9.17, 15) is 23.1 Å². The fraction of sp³-hybridized carbons (Fsp3) is 0.100. The highest BCUT2D eigenvalue weighted by molar-refractivity contribution is 7.22. The van der Waals surface area contributed by atoms with Gasteiger partial charge in [0.2, 0.25) is 0 Å². The minimum absolute atomic E-state index is 0.175. The van der Waals surface area contributed by atoms with Crippen LogP contribution < -0.4 is 4.74 Å². The minimum atomic E-state index is -4.93. The monoisotopic (exact) mass is 312 g/mol. The summed E-state index contributed by atoms with van der Waals surface area (Å²) in [7, 11) is 0. The maximum absolute atomic E-state index is 12.2. The number of hydrogen-bond donors (Lipinski definition) is 2. The molecule has 0 atom stereocenters. The van der Waals surface area contributed by atoms with Crippen molar-refractivity contribution in [3.05, 3.63) is 22.0 Å². The van der Waals surface area contributed by atoms with Crippen molar-refractivity contribution in [2.45, 2.75) is 6.36 Å². The fourth-order valence-corrected chi connectivity index (χ4v) is 2.92. The number of phenols is 1. The Bertz CT molecular complexity index is 665. The van der Waals surface area contributed by atoms with E-state index in [1.807, 2.05) is 0 Å². The van der Waals surface area contributed by atoms with Crippen LogP contribution in [0.4, 0.5) is 13.2 Å². The second kappa shape index (κ2) is 4.46. The van der Waals surface area contributed by atoms with E-state index in [1.165, 1.54) is 0 Å². The van der Waals surface area contributed by atoms with Crippen molar-refractivity contribution in [3.63, 3.8) is 0 Å². The molecule has 102 valence electrons. The van der Waals surface area contributed by atoms with Crippen LogP contribution in [-0.4, -0.2) is 22.5 Å². The first kappa shape index (κ1) is 13.8. The molecular weight excluding hydrogens is 309 g/mol. The Morgan fingerprint density at radius 2 is 2.00 bits per heavy atom. The van der Waals surface area contributed by atoms with Gasteiger partial charge in [-0.3, -0.25) is 0 Å². The molecule has 19 heavy (non-hydrogen) atoms. The highest BCUT2D eigenvalue weighted by Gasteiger charge is 2.33. The lowest BCUT2D eigenvalue weighted by atomic mass is 10.2. The van der Waals surface area contributed by atoms with Crippen LogP contribution in [0.5, 0.6) is 11.5 Å². The predicted molar refractivity (Wildman–Crippen MR) is 62.1 cm³/mol. The van der Waals surface area contributed by atoms with Crippen LogP contribution >= 0.6 is 22.9 Å². The van der Waals surface area contributed by atoms with Gasteiger partial charge >= 0.3 is 12.3 Å². The molecule has 0 unspecified atom stereocenters. The van der Waals surface area contributed by atoms with Crippen LogP contribution in [0.3, 0.4) is 0 Å². The molecule has 0 spiro atoms. The van der Waals surface area contributed by atoms with Crippen LogP contribution in [0.25, 0.3) is 10.1 Å². The number of aromatic carboxylic acids is 1. The largest absolute Gasteiger partial charge is 0.573 e. The van der Waals surface area contributed by atoms with Crippen molar-refractivity contribution in [1.29, 1.82) is 0 Å². The van der Waals surface area contributed by atoms with Gasteiger partial charge in [-0.05, 0) is 12.1 Å². The molecule has 0 radical (unpaired) electrons. The molecule has 2 N–H and O–H groups in total. The first-order chi connectivity index (χ1) is 8.70. The lowest BCUT2D eigenvalue weighted by molar-refractivity contribution is -0.274. The number of carboxylic acid groups (broad SMARTS) is 1. The molecule has 2 aromatic rings. The van der Waals surface area contributed by atoms with Gasteiger partial charge < -0.3 is 14.9 Å². The van der Waals surface area contributed by atoms with Crippen molar-refractivity contribution in [2.24, 2.45) is 0 Å². The van der Waals surface area contributed by atoms with Gasteiger partial charge in [0, 0.05) is 0 Å².